The molecular weight excluding hydrogens is 460 g/mol. The molecule has 4 nitrogen and oxygen atoms in total. The molecule has 140 valence electrons. The summed E-state index contributed by atoms with van der Waals surface area (Å²) < 4.78 is 27.8. The van der Waals surface area contributed by atoms with Crippen LogP contribution in [-0.2, 0) is 9.84 Å². The van der Waals surface area contributed by atoms with Gasteiger partial charge in [-0.15, -0.1) is 0 Å². The quantitative estimate of drug-likeness (QED) is 0.412. The number of nitrogens with two attached hydrogens (primary N) is 1. The Bertz CT molecular complexity index is 1290. The van der Waals surface area contributed by atoms with Crippen molar-refractivity contribution in [1.82, 2.24) is 4.98 Å². The highest BCUT2D eigenvalue weighted by molar-refractivity contribution is 9.10. The molecule has 4 aromatic rings. The van der Waals surface area contributed by atoms with Crippen molar-refractivity contribution >= 4 is 54.1 Å². The maximum absolute atomic E-state index is 13.5. The fraction of sp³-hybridized carbons (Fsp3) is 0. The molecule has 0 aliphatic carbocycles. The number of benzene rings is 3. The molecule has 4 rings (SSSR count). The third-order valence-electron chi connectivity index (χ3n) is 4.38. The van der Waals surface area contributed by atoms with Gasteiger partial charge in [0.25, 0.3) is 0 Å². The number of fused-ring (bicyclic) bond motifs is 1. The zero-order valence-electron chi connectivity index (χ0n) is 14.4. The van der Waals surface area contributed by atoms with Crippen molar-refractivity contribution in [3.8, 4) is 11.1 Å². The lowest BCUT2D eigenvalue weighted by Crippen LogP contribution is -2.10. The number of hydrogen-bond acceptors (Lipinski definition) is 4. The summed E-state index contributed by atoms with van der Waals surface area (Å²) >= 11 is 9.53. The molecule has 0 bridgehead atoms. The molecule has 0 atom stereocenters. The molecule has 2 N–H and O–H groups in total. The highest BCUT2D eigenvalue weighted by atomic mass is 79.9. The fourth-order valence-electron chi connectivity index (χ4n) is 3.13. The third kappa shape index (κ3) is 3.28. The molecule has 0 unspecified atom stereocenters. The second-order valence-corrected chi connectivity index (χ2v) is 9.42. The predicted octanol–water partition coefficient (Wildman–Crippen LogP) is 5.73. The van der Waals surface area contributed by atoms with E-state index in [2.05, 4.69) is 20.9 Å². The molecule has 0 radical (unpaired) electrons. The van der Waals surface area contributed by atoms with Gasteiger partial charge in [-0.1, -0.05) is 57.9 Å². The monoisotopic (exact) mass is 472 g/mol. The summed E-state index contributed by atoms with van der Waals surface area (Å²) in [5, 5.41) is 1.12. The zero-order chi connectivity index (χ0) is 19.9. The number of rotatable bonds is 3. The standard InChI is InChI=1S/C21H14BrClN2O2S/c22-14-6-9-16(10-7-14)28(26,27)20-19(13-4-2-1-3-5-13)17-12-15(23)8-11-18(17)25-21(20)24/h1-12H,(H2,24,25). The molecule has 0 aliphatic rings. The van der Waals surface area contributed by atoms with Gasteiger partial charge in [0.05, 0.1) is 10.4 Å². The van der Waals surface area contributed by atoms with E-state index in [4.69, 9.17) is 17.3 Å². The SMILES string of the molecule is Nc1nc2ccc(Cl)cc2c(-c2ccccc2)c1S(=O)(=O)c1ccc(Br)cc1. The molecular formula is C21H14BrClN2O2S. The summed E-state index contributed by atoms with van der Waals surface area (Å²) in [5.41, 5.74) is 7.98. The van der Waals surface area contributed by atoms with Crippen LogP contribution in [0, 0.1) is 0 Å². The number of anilines is 1. The van der Waals surface area contributed by atoms with E-state index in [1.54, 1.807) is 30.3 Å². The van der Waals surface area contributed by atoms with E-state index in [-0.39, 0.29) is 15.6 Å². The van der Waals surface area contributed by atoms with Crippen molar-refractivity contribution in [1.29, 1.82) is 0 Å². The maximum atomic E-state index is 13.5. The van der Waals surface area contributed by atoms with Gasteiger partial charge in [0.2, 0.25) is 9.84 Å². The normalized spacial score (nSPS) is 11.6. The molecule has 0 fully saturated rings. The molecule has 1 aromatic heterocycles. The Labute approximate surface area is 176 Å². The lowest BCUT2D eigenvalue weighted by atomic mass is 10.0. The summed E-state index contributed by atoms with van der Waals surface area (Å²) in [6.07, 6.45) is 0. The molecule has 0 saturated heterocycles. The van der Waals surface area contributed by atoms with Gasteiger partial charge >= 0.3 is 0 Å². The summed E-state index contributed by atoms with van der Waals surface area (Å²) in [7, 11) is -3.92. The average Bonchev–Trinajstić information content (AvgIpc) is 2.68. The van der Waals surface area contributed by atoms with Crippen molar-refractivity contribution in [3.63, 3.8) is 0 Å². The van der Waals surface area contributed by atoms with Gasteiger partial charge in [-0.2, -0.15) is 0 Å². The summed E-state index contributed by atoms with van der Waals surface area (Å²) in [6, 6.07) is 20.8. The van der Waals surface area contributed by atoms with E-state index in [0.717, 1.165) is 10.0 Å². The van der Waals surface area contributed by atoms with Crippen molar-refractivity contribution in [2.24, 2.45) is 0 Å². The first-order valence-electron chi connectivity index (χ1n) is 8.33. The van der Waals surface area contributed by atoms with Gasteiger partial charge in [0, 0.05) is 20.4 Å². The van der Waals surface area contributed by atoms with Crippen LogP contribution in [0.25, 0.3) is 22.0 Å². The molecule has 3 aromatic carbocycles. The third-order valence-corrected chi connectivity index (χ3v) is 6.99. The van der Waals surface area contributed by atoms with Crippen molar-refractivity contribution in [3.05, 3.63) is 82.3 Å². The first-order valence-corrected chi connectivity index (χ1v) is 11.0. The number of halogens is 2. The Morgan fingerprint density at radius 1 is 0.929 bits per heavy atom. The van der Waals surface area contributed by atoms with Crippen LogP contribution in [0.15, 0.2) is 87.1 Å². The Hall–Kier alpha value is -2.41. The fourth-order valence-corrected chi connectivity index (χ4v) is 5.12. The minimum absolute atomic E-state index is 0.0178. The minimum atomic E-state index is -3.92. The summed E-state index contributed by atoms with van der Waals surface area (Å²) in [5.74, 6) is -0.0448. The molecule has 28 heavy (non-hydrogen) atoms. The second kappa shape index (κ2) is 7.20. The maximum Gasteiger partial charge on any atom is 0.210 e. The highest BCUT2D eigenvalue weighted by Gasteiger charge is 2.28. The van der Waals surface area contributed by atoms with Gasteiger partial charge in [-0.05, 0) is 48.0 Å². The minimum Gasteiger partial charge on any atom is -0.383 e. The lowest BCUT2D eigenvalue weighted by molar-refractivity contribution is 0.596. The topological polar surface area (TPSA) is 73.0 Å². The van der Waals surface area contributed by atoms with Crippen LogP contribution >= 0.6 is 27.5 Å². The average molecular weight is 474 g/mol. The van der Waals surface area contributed by atoms with E-state index in [0.29, 0.717) is 21.5 Å². The molecule has 7 heteroatoms. The van der Waals surface area contributed by atoms with E-state index >= 15 is 0 Å². The van der Waals surface area contributed by atoms with Crippen LogP contribution in [0.3, 0.4) is 0 Å². The van der Waals surface area contributed by atoms with Crippen LogP contribution < -0.4 is 5.73 Å². The molecule has 0 aliphatic heterocycles. The largest absolute Gasteiger partial charge is 0.383 e. The van der Waals surface area contributed by atoms with E-state index < -0.39 is 9.84 Å². The van der Waals surface area contributed by atoms with Crippen LogP contribution in [0.4, 0.5) is 5.82 Å². The van der Waals surface area contributed by atoms with Gasteiger partial charge < -0.3 is 5.73 Å². The smallest absolute Gasteiger partial charge is 0.210 e. The predicted molar refractivity (Wildman–Crippen MR) is 116 cm³/mol. The number of pyridine rings is 1. The number of nitrogen functional groups attached to an aromatic ring is 1. The molecule has 0 spiro atoms. The highest BCUT2D eigenvalue weighted by Crippen LogP contribution is 2.40. The number of aromatic nitrogens is 1. The Morgan fingerprint density at radius 2 is 1.61 bits per heavy atom. The first-order chi connectivity index (χ1) is 13.4. The van der Waals surface area contributed by atoms with Crippen molar-refractivity contribution < 1.29 is 8.42 Å². The molecule has 0 amide bonds. The zero-order valence-corrected chi connectivity index (χ0v) is 17.6. The summed E-state index contributed by atoms with van der Waals surface area (Å²) in [6.45, 7) is 0. The number of sulfone groups is 1. The Kier molecular flexibility index (Phi) is 4.87. The van der Waals surface area contributed by atoms with Gasteiger partial charge in [0.15, 0.2) is 0 Å². The van der Waals surface area contributed by atoms with E-state index in [1.807, 2.05) is 30.3 Å². The summed E-state index contributed by atoms with van der Waals surface area (Å²) in [4.78, 5) is 4.47. The number of hydrogen-bond donors (Lipinski definition) is 1. The van der Waals surface area contributed by atoms with E-state index in [1.165, 1.54) is 12.1 Å². The Morgan fingerprint density at radius 3 is 2.29 bits per heavy atom. The Balaban J connectivity index is 2.14. The van der Waals surface area contributed by atoms with Crippen molar-refractivity contribution in [2.45, 2.75) is 9.79 Å². The van der Waals surface area contributed by atoms with Crippen molar-refractivity contribution in [2.75, 3.05) is 5.73 Å². The van der Waals surface area contributed by atoms with Gasteiger partial charge in [0.1, 0.15) is 10.7 Å². The second-order valence-electron chi connectivity index (χ2n) is 6.19. The van der Waals surface area contributed by atoms with Gasteiger partial charge in [-0.3, -0.25) is 0 Å². The van der Waals surface area contributed by atoms with Crippen LogP contribution in [0.2, 0.25) is 5.02 Å². The van der Waals surface area contributed by atoms with Crippen LogP contribution in [-0.4, -0.2) is 13.4 Å². The molecule has 1 heterocycles. The molecule has 0 saturated carbocycles. The lowest BCUT2D eigenvalue weighted by Gasteiger charge is -2.16. The van der Waals surface area contributed by atoms with Crippen LogP contribution in [0.1, 0.15) is 0 Å². The van der Waals surface area contributed by atoms with E-state index in [9.17, 15) is 8.42 Å². The van der Waals surface area contributed by atoms with Gasteiger partial charge in [-0.25, -0.2) is 13.4 Å². The first kappa shape index (κ1) is 18.9. The van der Waals surface area contributed by atoms with Crippen LogP contribution in [0.5, 0.6) is 0 Å². The number of nitrogens with zero attached hydrogens (tertiary/aromatic N) is 1.